The molecule has 0 bridgehead atoms. The predicted molar refractivity (Wildman–Crippen MR) is 420 cm³/mol. The van der Waals surface area contributed by atoms with E-state index in [1.54, 1.807) is 6.08 Å². The Morgan fingerprint density at radius 1 is 0.347 bits per heavy atom. The Morgan fingerprint density at radius 2 is 0.634 bits per heavy atom. The molecule has 2 aliphatic rings. The van der Waals surface area contributed by atoms with E-state index in [1.807, 2.05) is 6.08 Å². The summed E-state index contributed by atoms with van der Waals surface area (Å²) in [6.45, 7) is 2.85. The maximum atomic E-state index is 13.4. The molecule has 596 valence electrons. The van der Waals surface area contributed by atoms with Crippen LogP contribution in [0.5, 0.6) is 0 Å². The van der Waals surface area contributed by atoms with Crippen LogP contribution in [0.25, 0.3) is 0 Å². The molecule has 1 amide bonds. The molecule has 12 unspecified atom stereocenters. The van der Waals surface area contributed by atoms with E-state index in [0.29, 0.717) is 12.8 Å². The van der Waals surface area contributed by atoms with Crippen molar-refractivity contribution in [3.8, 4) is 0 Å². The topological polar surface area (TPSA) is 228 Å². The average molecular weight is 1430 g/mol. The fraction of sp³-hybridized carbons (Fsp3) is 0.920. The summed E-state index contributed by atoms with van der Waals surface area (Å²) in [7, 11) is 0. The van der Waals surface area contributed by atoms with Gasteiger partial charge in [-0.1, -0.05) is 403 Å². The van der Waals surface area contributed by atoms with Crippen LogP contribution in [0.3, 0.4) is 0 Å². The number of hydrogen-bond donors (Lipinski definition) is 9. The van der Waals surface area contributed by atoms with Crippen LogP contribution in [0, 0.1) is 0 Å². The molecule has 0 aromatic heterocycles. The maximum Gasteiger partial charge on any atom is 0.220 e. The molecule has 0 aromatic rings. The molecule has 0 saturated carbocycles. The molecule has 0 spiro atoms. The third kappa shape index (κ3) is 53.6. The van der Waals surface area contributed by atoms with Gasteiger partial charge < -0.3 is 65.1 Å². The number of nitrogens with one attached hydrogen (secondary N) is 1. The number of amides is 1. The SMILES string of the molecule is CCCCCCCCCCCCCCCCCC/C=C/CC/C=C/CC/C=C/C(O)C(COC1OC(CO)C(OC2OC(CO)C(O)C(O)C2O)C(O)C1O)NC(=O)CCCCCCCCCCCCCCCCCCCCCCCCCCCCCCCCCCCCCCCCCCC. The fourth-order valence-electron chi connectivity index (χ4n) is 14.7. The summed E-state index contributed by atoms with van der Waals surface area (Å²) in [5.41, 5.74) is 0. The molecule has 0 radical (unpaired) electrons. The Bertz CT molecular complexity index is 1840. The zero-order valence-corrected chi connectivity index (χ0v) is 65.7. The summed E-state index contributed by atoms with van der Waals surface area (Å²) in [6.07, 6.45) is 78.5. The van der Waals surface area contributed by atoms with Crippen molar-refractivity contribution in [2.45, 2.75) is 492 Å². The van der Waals surface area contributed by atoms with E-state index in [0.717, 1.165) is 44.9 Å². The molecule has 14 heteroatoms. The number of rotatable bonds is 75. The molecule has 0 aliphatic carbocycles. The lowest BCUT2D eigenvalue weighted by molar-refractivity contribution is -0.359. The zero-order valence-electron chi connectivity index (χ0n) is 65.7. The Morgan fingerprint density at radius 3 is 0.970 bits per heavy atom. The minimum Gasteiger partial charge on any atom is -0.394 e. The molecule has 2 aliphatic heterocycles. The second-order valence-corrected chi connectivity index (χ2v) is 31.0. The third-order valence-electron chi connectivity index (χ3n) is 21.6. The highest BCUT2D eigenvalue weighted by Crippen LogP contribution is 2.31. The van der Waals surface area contributed by atoms with Gasteiger partial charge in [-0.25, -0.2) is 0 Å². The number of aliphatic hydroxyl groups is 8. The van der Waals surface area contributed by atoms with Crippen molar-refractivity contribution in [3.05, 3.63) is 36.5 Å². The Labute approximate surface area is 621 Å². The Hall–Kier alpha value is -1.79. The van der Waals surface area contributed by atoms with E-state index in [1.165, 1.54) is 340 Å². The highest BCUT2D eigenvalue weighted by atomic mass is 16.7. The van der Waals surface area contributed by atoms with Gasteiger partial charge in [0, 0.05) is 6.42 Å². The van der Waals surface area contributed by atoms with Crippen LogP contribution < -0.4 is 5.32 Å². The van der Waals surface area contributed by atoms with Gasteiger partial charge in [-0.15, -0.1) is 0 Å². The van der Waals surface area contributed by atoms with Gasteiger partial charge >= 0.3 is 0 Å². The highest BCUT2D eigenvalue weighted by Gasteiger charge is 2.51. The van der Waals surface area contributed by atoms with E-state index in [-0.39, 0.29) is 18.9 Å². The molecule has 2 saturated heterocycles. The molecular weight excluding hydrogens is 1270 g/mol. The van der Waals surface area contributed by atoms with Gasteiger partial charge in [0.05, 0.1) is 32.0 Å². The first-order valence-corrected chi connectivity index (χ1v) is 43.7. The van der Waals surface area contributed by atoms with Crippen molar-refractivity contribution in [3.63, 3.8) is 0 Å². The summed E-state index contributed by atoms with van der Waals surface area (Å²) in [5, 5.41) is 87.7. The molecule has 101 heavy (non-hydrogen) atoms. The van der Waals surface area contributed by atoms with Crippen LogP contribution in [-0.4, -0.2) is 140 Å². The monoisotopic (exact) mass is 1430 g/mol. The summed E-state index contributed by atoms with van der Waals surface area (Å²) < 4.78 is 22.9. The number of carbonyl (C=O) groups excluding carboxylic acids is 1. The quantitative estimate of drug-likeness (QED) is 0.0204. The van der Waals surface area contributed by atoms with Crippen molar-refractivity contribution >= 4 is 5.91 Å². The Kier molecular flexibility index (Phi) is 67.1. The van der Waals surface area contributed by atoms with Gasteiger partial charge in [0.2, 0.25) is 5.91 Å². The first-order valence-electron chi connectivity index (χ1n) is 43.7. The van der Waals surface area contributed by atoms with E-state index in [4.69, 9.17) is 18.9 Å². The van der Waals surface area contributed by atoms with Gasteiger partial charge in [0.25, 0.3) is 0 Å². The molecule has 12 atom stereocenters. The number of allylic oxidation sites excluding steroid dienone is 5. The lowest BCUT2D eigenvalue weighted by atomic mass is 9.97. The molecule has 2 heterocycles. The van der Waals surface area contributed by atoms with E-state index in [2.05, 4.69) is 43.5 Å². The minimum atomic E-state index is -1.79. The predicted octanol–water partition coefficient (Wildman–Crippen LogP) is 20.8. The van der Waals surface area contributed by atoms with Crippen molar-refractivity contribution in [2.24, 2.45) is 0 Å². The standard InChI is InChI=1S/C87H165NO13/c1-3-5-7-9-11-13-15-17-19-21-23-25-27-29-31-32-33-34-35-36-37-38-39-40-41-42-43-44-45-47-49-51-53-55-57-59-61-63-65-67-69-71-79(92)88-75(74-98-86-84(97)82(95)85(78(73-90)100-86)101-87-83(96)81(94)80(93)77(72-89)99-87)76(91)70-68-66-64-62-60-58-56-54-52-50-48-46-30-28-26-24-22-20-18-16-14-12-10-8-6-4-2/h52,54,60,62,68,70,75-78,80-87,89-91,93-97H,3-51,53,55-59,61,63-67,69,71-74H2,1-2H3,(H,88,92)/b54-52+,62-60+,70-68+. The number of ether oxygens (including phenoxy) is 4. The van der Waals surface area contributed by atoms with Gasteiger partial charge in [-0.3, -0.25) is 4.79 Å². The molecule has 2 rings (SSSR count). The molecule has 2 fully saturated rings. The van der Waals surface area contributed by atoms with E-state index < -0.39 is 86.8 Å². The lowest BCUT2D eigenvalue weighted by Gasteiger charge is -2.46. The molecule has 0 aromatic carbocycles. The summed E-state index contributed by atoms with van der Waals surface area (Å²) >= 11 is 0. The van der Waals surface area contributed by atoms with Crippen molar-refractivity contribution in [2.75, 3.05) is 19.8 Å². The normalized spacial score (nSPS) is 21.8. The summed E-state index contributed by atoms with van der Waals surface area (Å²) in [5.74, 6) is -0.244. The smallest absolute Gasteiger partial charge is 0.220 e. The van der Waals surface area contributed by atoms with Crippen LogP contribution in [-0.2, 0) is 23.7 Å². The average Bonchev–Trinajstić information content (AvgIpc) is 0.792. The summed E-state index contributed by atoms with van der Waals surface area (Å²) in [4.78, 5) is 13.4. The van der Waals surface area contributed by atoms with Crippen LogP contribution >= 0.6 is 0 Å². The first kappa shape index (κ1) is 95.3. The summed E-state index contributed by atoms with van der Waals surface area (Å²) in [6, 6.07) is -0.938. The van der Waals surface area contributed by atoms with E-state index in [9.17, 15) is 45.6 Å². The number of unbranched alkanes of at least 4 members (excludes halogenated alkanes) is 58. The zero-order chi connectivity index (χ0) is 73.0. The van der Waals surface area contributed by atoms with Gasteiger partial charge in [-0.05, 0) is 44.9 Å². The fourth-order valence-corrected chi connectivity index (χ4v) is 14.7. The molecule has 14 nitrogen and oxygen atoms in total. The van der Waals surface area contributed by atoms with E-state index >= 15 is 0 Å². The van der Waals surface area contributed by atoms with Crippen LogP contribution in [0.2, 0.25) is 0 Å². The van der Waals surface area contributed by atoms with Crippen LogP contribution in [0.15, 0.2) is 36.5 Å². The maximum absolute atomic E-state index is 13.4. The van der Waals surface area contributed by atoms with Crippen molar-refractivity contribution < 1.29 is 64.6 Å². The first-order chi connectivity index (χ1) is 49.6. The number of aliphatic hydroxyl groups excluding tert-OH is 8. The number of hydrogen-bond acceptors (Lipinski definition) is 13. The van der Waals surface area contributed by atoms with Gasteiger partial charge in [0.15, 0.2) is 12.6 Å². The third-order valence-corrected chi connectivity index (χ3v) is 21.6. The van der Waals surface area contributed by atoms with Crippen LogP contribution in [0.1, 0.15) is 418 Å². The van der Waals surface area contributed by atoms with Crippen molar-refractivity contribution in [1.29, 1.82) is 0 Å². The van der Waals surface area contributed by atoms with Crippen molar-refractivity contribution in [1.82, 2.24) is 5.32 Å². The number of carbonyl (C=O) groups is 1. The van der Waals surface area contributed by atoms with Gasteiger partial charge in [-0.2, -0.15) is 0 Å². The van der Waals surface area contributed by atoms with Gasteiger partial charge in [0.1, 0.15) is 48.8 Å². The molecular formula is C87H165NO13. The minimum absolute atomic E-state index is 0.244. The molecule has 9 N–H and O–H groups in total. The highest BCUT2D eigenvalue weighted by molar-refractivity contribution is 5.76. The second-order valence-electron chi connectivity index (χ2n) is 31.0. The lowest BCUT2D eigenvalue weighted by Crippen LogP contribution is -2.65. The van der Waals surface area contributed by atoms with Crippen LogP contribution in [0.4, 0.5) is 0 Å². The second kappa shape index (κ2) is 71.1. The largest absolute Gasteiger partial charge is 0.394 e. The Balaban J connectivity index is 1.56.